The molecule has 1 N–H and O–H groups in total. The van der Waals surface area contributed by atoms with E-state index >= 15 is 0 Å². The summed E-state index contributed by atoms with van der Waals surface area (Å²) in [5.74, 6) is 0.999. The highest BCUT2D eigenvalue weighted by atomic mass is 35.5. The summed E-state index contributed by atoms with van der Waals surface area (Å²) < 4.78 is 5.21. The van der Waals surface area contributed by atoms with Gasteiger partial charge in [0.1, 0.15) is 5.69 Å². The third kappa shape index (κ3) is 2.66. The lowest BCUT2D eigenvalue weighted by atomic mass is 10.1. The number of para-hydroxylation sites is 1. The van der Waals surface area contributed by atoms with Crippen molar-refractivity contribution in [2.75, 3.05) is 5.88 Å². The van der Waals surface area contributed by atoms with Crippen molar-refractivity contribution in [3.8, 4) is 0 Å². The number of carbonyl (C=O) groups is 1. The number of aromatic nitrogens is 1. The van der Waals surface area contributed by atoms with Gasteiger partial charge in [-0.2, -0.15) is 0 Å². The Morgan fingerprint density at radius 3 is 3.10 bits per heavy atom. The summed E-state index contributed by atoms with van der Waals surface area (Å²) >= 11 is 5.93. The van der Waals surface area contributed by atoms with Gasteiger partial charge in [0.25, 0.3) is 0 Å². The van der Waals surface area contributed by atoms with Crippen molar-refractivity contribution in [2.45, 2.75) is 31.7 Å². The van der Waals surface area contributed by atoms with Crippen LogP contribution in [0.15, 0.2) is 28.8 Å². The molecule has 1 heterocycles. The summed E-state index contributed by atoms with van der Waals surface area (Å²) in [7, 11) is 0. The van der Waals surface area contributed by atoms with Gasteiger partial charge in [-0.15, -0.1) is 11.6 Å². The fourth-order valence-electron chi connectivity index (χ4n) is 2.89. The molecule has 1 fully saturated rings. The van der Waals surface area contributed by atoms with Crippen LogP contribution in [-0.2, 0) is 11.2 Å². The number of carbonyl (C=O) groups excluding carboxylic acids is 1. The second kappa shape index (κ2) is 5.83. The second-order valence-corrected chi connectivity index (χ2v) is 5.63. The van der Waals surface area contributed by atoms with Crippen LogP contribution in [0.1, 0.15) is 25.0 Å². The van der Waals surface area contributed by atoms with Crippen molar-refractivity contribution < 1.29 is 9.32 Å². The molecule has 0 spiro atoms. The van der Waals surface area contributed by atoms with Gasteiger partial charge in [-0.05, 0) is 30.9 Å². The van der Waals surface area contributed by atoms with Gasteiger partial charge >= 0.3 is 0 Å². The first-order valence-corrected chi connectivity index (χ1v) is 7.50. The predicted molar refractivity (Wildman–Crippen MR) is 77.7 cm³/mol. The summed E-state index contributed by atoms with van der Waals surface area (Å²) in [5, 5.41) is 7.97. The van der Waals surface area contributed by atoms with Crippen LogP contribution in [0.25, 0.3) is 11.0 Å². The van der Waals surface area contributed by atoms with E-state index in [9.17, 15) is 4.79 Å². The number of fused-ring (bicyclic) bond motifs is 1. The lowest BCUT2D eigenvalue weighted by Crippen LogP contribution is -2.38. The average molecular weight is 293 g/mol. The molecule has 106 valence electrons. The molecular weight excluding hydrogens is 276 g/mol. The van der Waals surface area contributed by atoms with Crippen molar-refractivity contribution in [1.29, 1.82) is 0 Å². The first-order chi connectivity index (χ1) is 9.78. The van der Waals surface area contributed by atoms with Crippen LogP contribution in [0.5, 0.6) is 0 Å². The van der Waals surface area contributed by atoms with Gasteiger partial charge in [0.15, 0.2) is 5.58 Å². The van der Waals surface area contributed by atoms with E-state index in [0.29, 0.717) is 17.5 Å². The molecule has 1 aliphatic carbocycles. The number of amides is 1. The molecule has 3 rings (SSSR count). The molecule has 1 aliphatic rings. The van der Waals surface area contributed by atoms with Gasteiger partial charge in [0.05, 0.1) is 6.42 Å². The Morgan fingerprint density at radius 2 is 2.25 bits per heavy atom. The van der Waals surface area contributed by atoms with E-state index in [1.807, 2.05) is 24.3 Å². The zero-order chi connectivity index (χ0) is 13.9. The molecule has 1 aromatic heterocycles. The zero-order valence-electron chi connectivity index (χ0n) is 11.1. The summed E-state index contributed by atoms with van der Waals surface area (Å²) in [6.07, 6.45) is 3.50. The molecule has 4 nitrogen and oxygen atoms in total. The Labute approximate surface area is 122 Å². The normalized spacial score (nSPS) is 22.2. The third-order valence-electron chi connectivity index (χ3n) is 3.98. The molecule has 5 heteroatoms. The van der Waals surface area contributed by atoms with E-state index in [1.165, 1.54) is 0 Å². The van der Waals surface area contributed by atoms with Gasteiger partial charge < -0.3 is 9.84 Å². The maximum absolute atomic E-state index is 12.1. The number of halogens is 1. The molecule has 1 saturated carbocycles. The second-order valence-electron chi connectivity index (χ2n) is 5.32. The van der Waals surface area contributed by atoms with Crippen LogP contribution in [0.3, 0.4) is 0 Å². The first-order valence-electron chi connectivity index (χ1n) is 6.96. The Hall–Kier alpha value is -1.55. The third-order valence-corrected chi connectivity index (χ3v) is 4.38. The molecule has 0 radical (unpaired) electrons. The lowest BCUT2D eigenvalue weighted by Gasteiger charge is -2.18. The molecule has 2 atom stereocenters. The largest absolute Gasteiger partial charge is 0.356 e. The van der Waals surface area contributed by atoms with Crippen LogP contribution in [0.2, 0.25) is 0 Å². The van der Waals surface area contributed by atoms with Crippen LogP contribution in [0.4, 0.5) is 0 Å². The zero-order valence-corrected chi connectivity index (χ0v) is 11.9. The highest BCUT2D eigenvalue weighted by Gasteiger charge is 2.28. The number of hydrogen-bond acceptors (Lipinski definition) is 3. The van der Waals surface area contributed by atoms with Crippen LogP contribution in [-0.4, -0.2) is 23.0 Å². The number of rotatable bonds is 4. The monoisotopic (exact) mass is 292 g/mol. The van der Waals surface area contributed by atoms with E-state index in [-0.39, 0.29) is 18.4 Å². The highest BCUT2D eigenvalue weighted by Crippen LogP contribution is 2.26. The van der Waals surface area contributed by atoms with Crippen molar-refractivity contribution in [1.82, 2.24) is 10.5 Å². The fraction of sp³-hybridized carbons (Fsp3) is 0.467. The molecule has 1 amide bonds. The van der Waals surface area contributed by atoms with Crippen molar-refractivity contribution >= 4 is 28.5 Å². The average Bonchev–Trinajstić information content (AvgIpc) is 3.06. The summed E-state index contributed by atoms with van der Waals surface area (Å²) in [6.45, 7) is 0. The van der Waals surface area contributed by atoms with Gasteiger partial charge in [-0.1, -0.05) is 23.7 Å². The molecule has 2 unspecified atom stereocenters. The van der Waals surface area contributed by atoms with E-state index in [2.05, 4.69) is 10.5 Å². The molecule has 2 aromatic rings. The molecular formula is C15H17ClN2O2. The van der Waals surface area contributed by atoms with Crippen molar-refractivity contribution in [3.05, 3.63) is 30.0 Å². The topological polar surface area (TPSA) is 55.1 Å². The maximum atomic E-state index is 12.1. The fourth-order valence-corrected chi connectivity index (χ4v) is 3.26. The highest BCUT2D eigenvalue weighted by molar-refractivity contribution is 6.18. The maximum Gasteiger partial charge on any atom is 0.226 e. The minimum atomic E-state index is -0.00827. The Balaban J connectivity index is 1.67. The van der Waals surface area contributed by atoms with Crippen LogP contribution in [0, 0.1) is 5.92 Å². The SMILES string of the molecule is O=C(Cc1noc2ccccc12)NC1CCCC1CCl. The van der Waals surface area contributed by atoms with Gasteiger partial charge in [-0.25, -0.2) is 0 Å². The van der Waals surface area contributed by atoms with Crippen LogP contribution >= 0.6 is 11.6 Å². The Bertz CT molecular complexity index is 611. The molecule has 20 heavy (non-hydrogen) atoms. The minimum Gasteiger partial charge on any atom is -0.356 e. The molecule has 1 aromatic carbocycles. The number of benzene rings is 1. The summed E-state index contributed by atoms with van der Waals surface area (Å²) in [5.41, 5.74) is 1.41. The lowest BCUT2D eigenvalue weighted by molar-refractivity contribution is -0.121. The smallest absolute Gasteiger partial charge is 0.226 e. The quantitative estimate of drug-likeness (QED) is 0.882. The standard InChI is InChI=1S/C15H17ClN2O2/c16-9-10-4-3-6-12(10)17-15(19)8-13-11-5-1-2-7-14(11)20-18-13/h1-2,5,7,10,12H,3-4,6,8-9H2,(H,17,19). The summed E-state index contributed by atoms with van der Waals surface area (Å²) in [4.78, 5) is 12.1. The molecule has 0 bridgehead atoms. The number of nitrogens with zero attached hydrogens (tertiary/aromatic N) is 1. The van der Waals surface area contributed by atoms with Gasteiger partial charge in [0.2, 0.25) is 5.91 Å². The van der Waals surface area contributed by atoms with E-state index in [1.54, 1.807) is 0 Å². The molecule has 0 aliphatic heterocycles. The van der Waals surface area contributed by atoms with Crippen molar-refractivity contribution in [3.63, 3.8) is 0 Å². The Morgan fingerprint density at radius 1 is 1.40 bits per heavy atom. The number of nitrogens with one attached hydrogen (secondary N) is 1. The number of hydrogen-bond donors (Lipinski definition) is 1. The Kier molecular flexibility index (Phi) is 3.92. The van der Waals surface area contributed by atoms with Crippen LogP contribution < -0.4 is 5.32 Å². The predicted octanol–water partition coefficient (Wildman–Crippen LogP) is 2.89. The summed E-state index contributed by atoms with van der Waals surface area (Å²) in [6, 6.07) is 7.79. The van der Waals surface area contributed by atoms with E-state index in [0.717, 1.165) is 30.2 Å². The number of alkyl halides is 1. The van der Waals surface area contributed by atoms with Gasteiger partial charge in [-0.3, -0.25) is 4.79 Å². The van der Waals surface area contributed by atoms with Crippen molar-refractivity contribution in [2.24, 2.45) is 5.92 Å². The van der Waals surface area contributed by atoms with Gasteiger partial charge in [0, 0.05) is 17.3 Å². The van der Waals surface area contributed by atoms with E-state index < -0.39 is 0 Å². The molecule has 0 saturated heterocycles. The van der Waals surface area contributed by atoms with E-state index in [4.69, 9.17) is 16.1 Å². The first kappa shape index (κ1) is 13.4. The minimum absolute atomic E-state index is 0.00827.